The first-order valence-electron chi connectivity index (χ1n) is 8.23. The maximum Gasteiger partial charge on any atom is 0.349 e. The highest BCUT2D eigenvalue weighted by molar-refractivity contribution is 7.95. The average Bonchev–Trinajstić information content (AvgIpc) is 2.94. The Morgan fingerprint density at radius 1 is 1.18 bits per heavy atom. The van der Waals surface area contributed by atoms with Gasteiger partial charge in [0.1, 0.15) is 13.2 Å². The summed E-state index contributed by atoms with van der Waals surface area (Å²) in [5.74, 6) is -0.706. The van der Waals surface area contributed by atoms with Crippen LogP contribution < -0.4 is 9.64 Å². The summed E-state index contributed by atoms with van der Waals surface area (Å²) >= 11 is 0. The molecule has 0 radical (unpaired) electrons. The molecule has 0 N–H and O–H groups in total. The predicted octanol–water partition coefficient (Wildman–Crippen LogP) is 1.95. The minimum absolute atomic E-state index is 0.205. The van der Waals surface area contributed by atoms with Crippen molar-refractivity contribution in [2.24, 2.45) is 0 Å². The maximum absolute atomic E-state index is 12.2. The number of sulfone groups is 1. The van der Waals surface area contributed by atoms with Crippen molar-refractivity contribution in [1.29, 1.82) is 0 Å². The monoisotopic (exact) mass is 407 g/mol. The molecule has 0 unspecified atom stereocenters. The summed E-state index contributed by atoms with van der Waals surface area (Å²) in [5.41, 5.74) is 1.02. The zero-order valence-electron chi connectivity index (χ0n) is 15.8. The summed E-state index contributed by atoms with van der Waals surface area (Å²) in [6.45, 7) is 4.40. The second-order valence-electron chi connectivity index (χ2n) is 5.99. The van der Waals surface area contributed by atoms with Gasteiger partial charge in [-0.3, -0.25) is 0 Å². The average molecular weight is 407 g/mol. The smallest absolute Gasteiger partial charge is 0.349 e. The molecule has 1 aromatic carbocycles. The van der Waals surface area contributed by atoms with E-state index in [1.54, 1.807) is 18.0 Å². The Bertz CT molecular complexity index is 960. The van der Waals surface area contributed by atoms with Crippen molar-refractivity contribution in [3.8, 4) is 5.75 Å². The minimum atomic E-state index is -3.86. The van der Waals surface area contributed by atoms with Gasteiger partial charge in [-0.05, 0) is 25.1 Å². The zero-order chi connectivity index (χ0) is 20.9. The lowest BCUT2D eigenvalue weighted by Gasteiger charge is -2.10. The third kappa shape index (κ3) is 5.23. The van der Waals surface area contributed by atoms with Crippen molar-refractivity contribution in [2.45, 2.75) is 6.92 Å². The van der Waals surface area contributed by atoms with E-state index < -0.39 is 26.7 Å². The Labute approximate surface area is 163 Å². The molecule has 0 atom stereocenters. The number of benzene rings is 1. The second kappa shape index (κ2) is 8.75. The van der Waals surface area contributed by atoms with Crippen molar-refractivity contribution in [2.75, 3.05) is 31.4 Å². The molecule has 2 rings (SSSR count). The predicted molar refractivity (Wildman–Crippen MR) is 103 cm³/mol. The highest BCUT2D eigenvalue weighted by Crippen LogP contribution is 2.37. The number of hydrogen-bond acceptors (Lipinski definition) is 8. The van der Waals surface area contributed by atoms with E-state index in [1.165, 1.54) is 13.0 Å². The molecule has 0 aliphatic carbocycles. The fourth-order valence-electron chi connectivity index (χ4n) is 2.22. The van der Waals surface area contributed by atoms with Crippen molar-refractivity contribution in [1.82, 2.24) is 0 Å². The summed E-state index contributed by atoms with van der Waals surface area (Å²) in [5, 5.41) is 0. The molecule has 0 spiro atoms. The van der Waals surface area contributed by atoms with E-state index in [1.807, 2.05) is 18.2 Å². The topological polar surface area (TPSA) is 99.2 Å². The largest absolute Gasteiger partial charge is 0.459 e. The number of fused-ring (bicyclic) bond motifs is 1. The molecule has 1 heterocycles. The molecule has 9 heteroatoms. The molecule has 1 aliphatic rings. The van der Waals surface area contributed by atoms with Crippen molar-refractivity contribution < 1.29 is 32.2 Å². The molecule has 8 nitrogen and oxygen atoms in total. The fraction of sp³-hybridized carbons (Fsp3) is 0.263. The first-order valence-corrected chi connectivity index (χ1v) is 10.1. The van der Waals surface area contributed by atoms with Crippen LogP contribution in [0, 0.1) is 0 Å². The third-order valence-corrected chi connectivity index (χ3v) is 4.75. The van der Waals surface area contributed by atoms with Gasteiger partial charge >= 0.3 is 11.9 Å². The van der Waals surface area contributed by atoms with Gasteiger partial charge in [-0.25, -0.2) is 18.0 Å². The van der Waals surface area contributed by atoms with E-state index in [9.17, 15) is 18.0 Å². The van der Waals surface area contributed by atoms with E-state index in [0.29, 0.717) is 11.6 Å². The van der Waals surface area contributed by atoms with Crippen LogP contribution in [0.2, 0.25) is 0 Å². The molecular weight excluding hydrogens is 386 g/mol. The Morgan fingerprint density at radius 2 is 1.79 bits per heavy atom. The fourth-order valence-corrected chi connectivity index (χ4v) is 2.90. The molecule has 1 aromatic rings. The van der Waals surface area contributed by atoms with Gasteiger partial charge in [0.25, 0.3) is 0 Å². The van der Waals surface area contributed by atoms with Crippen LogP contribution in [0.25, 0.3) is 0 Å². The second-order valence-corrected chi connectivity index (χ2v) is 7.97. The third-order valence-electron chi connectivity index (χ3n) is 3.65. The molecule has 28 heavy (non-hydrogen) atoms. The molecule has 0 saturated carbocycles. The molecule has 0 bridgehead atoms. The molecular formula is C19H21NO7S. The maximum atomic E-state index is 12.2. The van der Waals surface area contributed by atoms with Gasteiger partial charge in [0.05, 0.1) is 5.69 Å². The van der Waals surface area contributed by atoms with Gasteiger partial charge in [-0.2, -0.15) is 0 Å². The van der Waals surface area contributed by atoms with Crippen molar-refractivity contribution in [3.05, 3.63) is 59.4 Å². The number of hydrogen-bond donors (Lipinski definition) is 0. The Balaban J connectivity index is 2.09. The lowest BCUT2D eigenvalue weighted by molar-refractivity contribution is -0.146. The van der Waals surface area contributed by atoms with E-state index in [4.69, 9.17) is 14.2 Å². The molecule has 150 valence electrons. The normalized spacial score (nSPS) is 15.0. The molecule has 0 fully saturated rings. The molecule has 0 saturated heterocycles. The van der Waals surface area contributed by atoms with E-state index >= 15 is 0 Å². The summed E-state index contributed by atoms with van der Waals surface area (Å²) in [4.78, 5) is 24.6. The number of esters is 2. The van der Waals surface area contributed by atoms with Crippen LogP contribution in [0.4, 0.5) is 5.69 Å². The highest BCUT2D eigenvalue weighted by atomic mass is 32.2. The molecule has 1 aliphatic heterocycles. The number of carbonyl (C=O) groups excluding carboxylic acids is 2. The number of rotatable bonds is 7. The van der Waals surface area contributed by atoms with Gasteiger partial charge in [0, 0.05) is 25.0 Å². The van der Waals surface area contributed by atoms with Crippen LogP contribution in [-0.4, -0.2) is 46.9 Å². The van der Waals surface area contributed by atoms with E-state index in [0.717, 1.165) is 18.0 Å². The molecule has 0 amide bonds. The highest BCUT2D eigenvalue weighted by Gasteiger charge is 2.24. The van der Waals surface area contributed by atoms with Gasteiger partial charge < -0.3 is 19.1 Å². The van der Waals surface area contributed by atoms with Gasteiger partial charge in [0.15, 0.2) is 26.4 Å². The number of para-hydroxylation sites is 2. The summed E-state index contributed by atoms with van der Waals surface area (Å²) in [6, 6.07) is 7.27. The van der Waals surface area contributed by atoms with Crippen LogP contribution in [0.1, 0.15) is 6.92 Å². The number of ether oxygens (including phenoxy) is 3. The number of nitrogens with zero attached hydrogens (tertiary/aromatic N) is 1. The first kappa shape index (κ1) is 21.2. The Hall–Kier alpha value is -3.07. The van der Waals surface area contributed by atoms with Crippen LogP contribution in [0.15, 0.2) is 59.4 Å². The number of allylic oxidation sites excluding steroid dienone is 2. The number of anilines is 1. The minimum Gasteiger partial charge on any atom is -0.459 e. The van der Waals surface area contributed by atoms with E-state index in [2.05, 4.69) is 6.58 Å². The standard InChI is InChI=1S/C19H21NO7S/c1-13(2)18(21)25-11-12-26-19(22)16(28(4,23)24)9-10-17-20(3)14-7-5-6-8-15(14)27-17/h5-10H,1,11-12H2,2-4H3/b16-9-,17-10-. The SMILES string of the molecule is C=C(C)C(=O)OCCOC(=O)/C(=C/C=C1\Oc2ccccc2N1C)S(C)(=O)=O. The number of carbonyl (C=O) groups is 2. The summed E-state index contributed by atoms with van der Waals surface area (Å²) in [7, 11) is -2.11. The van der Waals surface area contributed by atoms with Gasteiger partial charge in [-0.1, -0.05) is 18.7 Å². The van der Waals surface area contributed by atoms with Crippen molar-refractivity contribution in [3.63, 3.8) is 0 Å². The first-order chi connectivity index (χ1) is 13.1. The lowest BCUT2D eigenvalue weighted by atomic mass is 10.3. The van der Waals surface area contributed by atoms with Gasteiger partial charge in [0.2, 0.25) is 0 Å². The van der Waals surface area contributed by atoms with Crippen LogP contribution >= 0.6 is 0 Å². The van der Waals surface area contributed by atoms with Crippen molar-refractivity contribution >= 4 is 27.5 Å². The van der Waals surface area contributed by atoms with Crippen LogP contribution in [0.5, 0.6) is 5.75 Å². The Morgan fingerprint density at radius 3 is 2.36 bits per heavy atom. The lowest BCUT2D eigenvalue weighted by Crippen LogP contribution is -2.19. The summed E-state index contributed by atoms with van der Waals surface area (Å²) < 4.78 is 39.2. The summed E-state index contributed by atoms with van der Waals surface area (Å²) in [6.07, 6.45) is 3.39. The van der Waals surface area contributed by atoms with Crippen LogP contribution in [0.3, 0.4) is 0 Å². The zero-order valence-corrected chi connectivity index (χ0v) is 16.6. The van der Waals surface area contributed by atoms with Gasteiger partial charge in [-0.15, -0.1) is 0 Å². The van der Waals surface area contributed by atoms with Crippen LogP contribution in [-0.2, 0) is 28.9 Å². The molecule has 0 aromatic heterocycles. The van der Waals surface area contributed by atoms with E-state index in [-0.39, 0.29) is 18.8 Å². The quantitative estimate of drug-likeness (QED) is 0.384. The Kier molecular flexibility index (Phi) is 6.63.